The van der Waals surface area contributed by atoms with Crippen molar-refractivity contribution in [2.24, 2.45) is 0 Å². The van der Waals surface area contributed by atoms with Crippen LogP contribution >= 0.6 is 7.81 Å². The van der Waals surface area contributed by atoms with Gasteiger partial charge in [-0.1, -0.05) is 24.3 Å². The first-order chi connectivity index (χ1) is 21.5. The fourth-order valence-electron chi connectivity index (χ4n) is 3.07. The summed E-state index contributed by atoms with van der Waals surface area (Å²) < 4.78 is 64.2. The van der Waals surface area contributed by atoms with E-state index in [4.69, 9.17) is 10.00 Å². The zero-order valence-electron chi connectivity index (χ0n) is 25.8. The minimum absolute atomic E-state index is 0. The van der Waals surface area contributed by atoms with Gasteiger partial charge in [0, 0.05) is 44.0 Å². The molecule has 0 saturated carbocycles. The van der Waals surface area contributed by atoms with E-state index in [0.717, 1.165) is 35.1 Å². The molecule has 0 spiro atoms. The van der Waals surface area contributed by atoms with Crippen molar-refractivity contribution in [1.82, 2.24) is 24.8 Å². The minimum Gasteiger partial charge on any atom is -0.255 e. The smallest absolute Gasteiger partial charge is 0.255 e. The van der Waals surface area contributed by atoms with Gasteiger partial charge in [-0.2, -0.15) is 17.4 Å². The number of hydrogen-bond donors (Lipinski definition) is 0. The number of halogens is 6. The first-order valence-corrected chi connectivity index (χ1v) is 15.3. The number of hydrogen-bond acceptors (Lipinski definition) is 7. The first-order valence-electron chi connectivity index (χ1n) is 13.2. The van der Waals surface area contributed by atoms with E-state index in [9.17, 15) is 25.2 Å². The van der Waals surface area contributed by atoms with E-state index >= 15 is 0 Å². The second-order valence-electron chi connectivity index (χ2n) is 9.03. The third-order valence-electron chi connectivity index (χ3n) is 4.76. The molecular formula is C32H33F6N6OPRu. The number of nitriles is 1. The zero-order valence-corrected chi connectivity index (χ0v) is 28.5. The van der Waals surface area contributed by atoms with Gasteiger partial charge in [0.15, 0.2) is 0 Å². The molecule has 5 aromatic rings. The van der Waals surface area contributed by atoms with Crippen molar-refractivity contribution in [2.45, 2.75) is 13.5 Å². The monoisotopic (exact) mass is 764 g/mol. The largest absolute Gasteiger partial charge is 2.00 e. The Hall–Kier alpha value is -4.30. The molecule has 4 aromatic heterocycles. The summed E-state index contributed by atoms with van der Waals surface area (Å²) in [5.41, 5.74) is 4.84. The number of benzene rings is 1. The molecule has 252 valence electrons. The molecule has 15 heteroatoms. The van der Waals surface area contributed by atoms with Crippen LogP contribution in [0.5, 0.6) is 5.75 Å². The van der Waals surface area contributed by atoms with Gasteiger partial charge in [-0.15, -0.1) is 17.7 Å². The third kappa shape index (κ3) is 24.6. The summed E-state index contributed by atoms with van der Waals surface area (Å²) in [4.78, 5) is 18.9. The quantitative estimate of drug-likeness (QED) is 0.0763. The number of nitrogens with zero attached hydrogens (tertiary/aromatic N) is 6. The molecular weight excluding hydrogens is 730 g/mol. The number of methoxy groups -OCH3 is 1. The summed E-state index contributed by atoms with van der Waals surface area (Å²) in [5, 5.41) is 7.32. The van der Waals surface area contributed by atoms with Crippen LogP contribution in [0.4, 0.5) is 25.2 Å². The Bertz CT molecular complexity index is 1410. The van der Waals surface area contributed by atoms with E-state index in [-0.39, 0.29) is 19.5 Å². The van der Waals surface area contributed by atoms with Crippen molar-refractivity contribution in [2.75, 3.05) is 21.2 Å². The van der Waals surface area contributed by atoms with Crippen molar-refractivity contribution in [3.63, 3.8) is 0 Å². The van der Waals surface area contributed by atoms with Gasteiger partial charge < -0.3 is 9.64 Å². The van der Waals surface area contributed by atoms with Gasteiger partial charge in [0.05, 0.1) is 36.0 Å². The second-order valence-corrected chi connectivity index (χ2v) is 10.9. The molecule has 0 aliphatic rings. The maximum Gasteiger partial charge on any atom is 2.00 e. The molecule has 0 aliphatic carbocycles. The molecule has 0 saturated heterocycles. The van der Waals surface area contributed by atoms with Crippen LogP contribution in [-0.2, 0) is 26.0 Å². The molecule has 0 amide bonds. The van der Waals surface area contributed by atoms with Crippen molar-refractivity contribution >= 4 is 7.81 Å². The van der Waals surface area contributed by atoms with E-state index in [1.165, 1.54) is 12.5 Å². The Morgan fingerprint density at radius 1 is 0.681 bits per heavy atom. The SMILES string of the molecule is CC#N.COc1c[c-]c(CN(C)C)cc1.F[P-](F)(F)(F)(F)F.[Ru+2].c1ccc(-c2ccccn2)nc1.c1ccc(-c2ccccn2)nc1. The second kappa shape index (κ2) is 20.0. The van der Waals surface area contributed by atoms with E-state index in [1.807, 2.05) is 105 Å². The predicted molar refractivity (Wildman–Crippen MR) is 169 cm³/mol. The molecule has 0 aliphatic heterocycles. The maximum absolute atomic E-state index is 10.7. The first kappa shape index (κ1) is 42.7. The molecule has 0 N–H and O–H groups in total. The van der Waals surface area contributed by atoms with Crippen LogP contribution < -0.4 is 4.74 Å². The molecule has 0 atom stereocenters. The molecule has 1 aromatic carbocycles. The molecule has 0 bridgehead atoms. The zero-order chi connectivity index (χ0) is 34.5. The summed E-state index contributed by atoms with van der Waals surface area (Å²) in [5.74, 6) is 0.859. The van der Waals surface area contributed by atoms with Crippen LogP contribution in [0.25, 0.3) is 22.8 Å². The summed E-state index contributed by atoms with van der Waals surface area (Å²) in [6, 6.07) is 33.9. The fraction of sp³-hybridized carbons (Fsp3) is 0.156. The van der Waals surface area contributed by atoms with Gasteiger partial charge >= 0.3 is 52.5 Å². The van der Waals surface area contributed by atoms with Crippen LogP contribution in [0.15, 0.2) is 116 Å². The van der Waals surface area contributed by atoms with E-state index in [0.29, 0.717) is 0 Å². The minimum atomic E-state index is -10.7. The molecule has 5 rings (SSSR count). The van der Waals surface area contributed by atoms with Gasteiger partial charge in [0.1, 0.15) is 0 Å². The number of aromatic nitrogens is 4. The molecule has 47 heavy (non-hydrogen) atoms. The topological polar surface area (TPSA) is 87.8 Å². The number of ether oxygens (including phenoxy) is 1. The Morgan fingerprint density at radius 3 is 1.19 bits per heavy atom. The molecule has 0 fully saturated rings. The maximum atomic E-state index is 9.87. The van der Waals surface area contributed by atoms with Crippen LogP contribution in [0.2, 0.25) is 0 Å². The third-order valence-corrected chi connectivity index (χ3v) is 4.76. The van der Waals surface area contributed by atoms with E-state index in [2.05, 4.69) is 30.9 Å². The Labute approximate surface area is 283 Å². The fourth-order valence-corrected chi connectivity index (χ4v) is 3.07. The van der Waals surface area contributed by atoms with Gasteiger partial charge in [0.25, 0.3) is 0 Å². The normalized spacial score (nSPS) is 11.2. The summed E-state index contributed by atoms with van der Waals surface area (Å²) in [7, 11) is -4.92. The van der Waals surface area contributed by atoms with Crippen molar-refractivity contribution in [3.8, 4) is 34.6 Å². The van der Waals surface area contributed by atoms with Gasteiger partial charge in [-0.3, -0.25) is 19.9 Å². The van der Waals surface area contributed by atoms with Gasteiger partial charge in [-0.05, 0) is 62.6 Å². The summed E-state index contributed by atoms with van der Waals surface area (Å²) >= 11 is 0. The van der Waals surface area contributed by atoms with Crippen LogP contribution in [0.1, 0.15) is 12.5 Å². The average Bonchev–Trinajstić information content (AvgIpc) is 3.02. The Morgan fingerprint density at radius 2 is 1.00 bits per heavy atom. The van der Waals surface area contributed by atoms with Gasteiger partial charge in [-0.25, -0.2) is 0 Å². The standard InChI is InChI=1S/2C10H8N2.C10H14NO.C2H3N.F6P.Ru/c2*1-3-7-11-9(5-1)10-6-2-4-8-12-10;1-11(2)8-9-4-6-10(12-3)7-5-9;1-2-3;1-7(2,3,4,5)6;/h2*1-8H;4,6-7H,8H2,1-3H3;1H3;;/q;;-1;;-1;+2. The predicted octanol–water partition coefficient (Wildman–Crippen LogP) is 9.75. The summed E-state index contributed by atoms with van der Waals surface area (Å²) in [6.07, 6.45) is 7.07. The van der Waals surface area contributed by atoms with Crippen LogP contribution in [-0.4, -0.2) is 46.0 Å². The van der Waals surface area contributed by atoms with Gasteiger partial charge in [0.2, 0.25) is 0 Å². The van der Waals surface area contributed by atoms with Crippen molar-refractivity contribution in [1.29, 1.82) is 5.26 Å². The number of rotatable bonds is 5. The van der Waals surface area contributed by atoms with Crippen molar-refractivity contribution in [3.05, 3.63) is 127 Å². The Kier molecular flexibility index (Phi) is 18.2. The van der Waals surface area contributed by atoms with Crippen LogP contribution in [0.3, 0.4) is 0 Å². The molecule has 7 nitrogen and oxygen atoms in total. The Balaban J connectivity index is 0.000000589. The molecule has 0 radical (unpaired) electrons. The van der Waals surface area contributed by atoms with Crippen LogP contribution in [0, 0.1) is 17.4 Å². The average molecular weight is 764 g/mol. The number of pyridine rings is 4. The van der Waals surface area contributed by atoms with Crippen molar-refractivity contribution < 1.29 is 49.4 Å². The van der Waals surface area contributed by atoms with E-state index in [1.54, 1.807) is 38.0 Å². The summed E-state index contributed by atoms with van der Waals surface area (Å²) in [6.45, 7) is 2.35. The molecule has 4 heterocycles. The van der Waals surface area contributed by atoms with E-state index < -0.39 is 7.81 Å². The molecule has 0 unspecified atom stereocenters.